The Hall–Kier alpha value is -0.150. The third kappa shape index (κ3) is 3.07. The maximum atomic E-state index is 10.8. The fourth-order valence-electron chi connectivity index (χ4n) is 0.901. The molecule has 3 heteroatoms. The van der Waals surface area contributed by atoms with E-state index in [9.17, 15) is 4.79 Å². The van der Waals surface area contributed by atoms with Gasteiger partial charge in [0, 0.05) is 0 Å². The van der Waals surface area contributed by atoms with Gasteiger partial charge in [-0.2, -0.15) is 0 Å². The molecule has 0 fully saturated rings. The molecule has 12 heavy (non-hydrogen) atoms. The van der Waals surface area contributed by atoms with Crippen molar-refractivity contribution in [3.8, 4) is 0 Å². The van der Waals surface area contributed by atoms with Crippen molar-refractivity contribution < 1.29 is 4.79 Å². The Bertz CT molecular complexity index is 258. The van der Waals surface area contributed by atoms with Crippen LogP contribution in [0.4, 0.5) is 0 Å². The summed E-state index contributed by atoms with van der Waals surface area (Å²) in [6.07, 6.45) is 0.727. The van der Waals surface area contributed by atoms with Gasteiger partial charge < -0.3 is 0 Å². The Kier molecular flexibility index (Phi) is 3.95. The summed E-state index contributed by atoms with van der Waals surface area (Å²) in [5, 5.41) is 0. The highest BCUT2D eigenvalue weighted by atomic mass is 79.9. The molecule has 0 amide bonds. The predicted octanol–water partition coefficient (Wildman–Crippen LogP) is 2.91. The van der Waals surface area contributed by atoms with Crippen LogP contribution in [-0.4, -0.2) is 9.52 Å². The molecular formula is C9H8Br2O. The van der Waals surface area contributed by atoms with Gasteiger partial charge in [-0.15, -0.1) is 0 Å². The Labute approximate surface area is 88.4 Å². The van der Waals surface area contributed by atoms with Crippen LogP contribution in [0.15, 0.2) is 30.3 Å². The molecule has 0 heterocycles. The summed E-state index contributed by atoms with van der Waals surface area (Å²) in [4.78, 5) is 10.7. The van der Waals surface area contributed by atoms with E-state index >= 15 is 0 Å². The van der Waals surface area contributed by atoms with Crippen LogP contribution in [0.1, 0.15) is 5.56 Å². The molecular weight excluding hydrogens is 284 g/mol. The SMILES string of the molecule is O=C(Br)C(Br)Cc1ccccc1. The van der Waals surface area contributed by atoms with Crippen molar-refractivity contribution in [2.24, 2.45) is 0 Å². The van der Waals surface area contributed by atoms with Gasteiger partial charge in [0.25, 0.3) is 0 Å². The molecule has 1 atom stereocenters. The van der Waals surface area contributed by atoms with Gasteiger partial charge in [0.05, 0.1) is 4.83 Å². The molecule has 0 saturated heterocycles. The van der Waals surface area contributed by atoms with Crippen LogP contribution in [-0.2, 0) is 11.2 Å². The van der Waals surface area contributed by atoms with Gasteiger partial charge in [-0.25, -0.2) is 0 Å². The normalized spacial score (nSPS) is 12.5. The Morgan fingerprint density at radius 2 is 1.92 bits per heavy atom. The van der Waals surface area contributed by atoms with Crippen LogP contribution >= 0.6 is 31.9 Å². The molecule has 1 aromatic carbocycles. The lowest BCUT2D eigenvalue weighted by Crippen LogP contribution is -2.09. The fraction of sp³-hybridized carbons (Fsp3) is 0.222. The van der Waals surface area contributed by atoms with Crippen LogP contribution in [0.2, 0.25) is 0 Å². The zero-order valence-electron chi connectivity index (χ0n) is 6.34. The number of benzene rings is 1. The number of carbonyl (C=O) groups is 1. The van der Waals surface area contributed by atoms with Gasteiger partial charge in [-0.1, -0.05) is 46.3 Å². The van der Waals surface area contributed by atoms with Crippen LogP contribution in [0, 0.1) is 0 Å². The minimum atomic E-state index is -0.125. The zero-order chi connectivity index (χ0) is 8.97. The minimum Gasteiger partial charge on any atom is -0.285 e. The second kappa shape index (κ2) is 4.77. The summed E-state index contributed by atoms with van der Waals surface area (Å²) in [7, 11) is 0. The number of hydrogen-bond acceptors (Lipinski definition) is 1. The van der Waals surface area contributed by atoms with Gasteiger partial charge >= 0.3 is 0 Å². The highest BCUT2D eigenvalue weighted by Crippen LogP contribution is 2.12. The first-order valence-electron chi connectivity index (χ1n) is 3.57. The highest BCUT2D eigenvalue weighted by molar-refractivity contribution is 9.20. The van der Waals surface area contributed by atoms with Gasteiger partial charge in [0.15, 0.2) is 0 Å². The van der Waals surface area contributed by atoms with E-state index in [4.69, 9.17) is 0 Å². The van der Waals surface area contributed by atoms with Gasteiger partial charge in [0.1, 0.15) is 0 Å². The van der Waals surface area contributed by atoms with Crippen molar-refractivity contribution in [2.45, 2.75) is 11.2 Å². The summed E-state index contributed by atoms with van der Waals surface area (Å²) in [5.74, 6) is 0. The molecule has 0 aromatic heterocycles. The molecule has 1 aromatic rings. The number of alkyl halides is 1. The van der Waals surface area contributed by atoms with Crippen LogP contribution in [0.5, 0.6) is 0 Å². The fourth-order valence-corrected chi connectivity index (χ4v) is 1.44. The third-order valence-electron chi connectivity index (χ3n) is 1.50. The largest absolute Gasteiger partial charge is 0.285 e. The quantitative estimate of drug-likeness (QED) is 0.618. The van der Waals surface area contributed by atoms with E-state index in [0.29, 0.717) is 0 Å². The van der Waals surface area contributed by atoms with E-state index < -0.39 is 0 Å². The van der Waals surface area contributed by atoms with Crippen molar-refractivity contribution in [1.82, 2.24) is 0 Å². The second-order valence-corrected chi connectivity index (χ2v) is 4.35. The minimum absolute atomic E-state index is 0.00801. The lowest BCUT2D eigenvalue weighted by atomic mass is 10.1. The van der Waals surface area contributed by atoms with E-state index in [1.165, 1.54) is 0 Å². The summed E-state index contributed by atoms with van der Waals surface area (Å²) in [6.45, 7) is 0. The summed E-state index contributed by atoms with van der Waals surface area (Å²) in [6, 6.07) is 9.90. The molecule has 0 aliphatic carbocycles. The average molecular weight is 292 g/mol. The molecule has 0 radical (unpaired) electrons. The van der Waals surface area contributed by atoms with Crippen LogP contribution < -0.4 is 0 Å². The Morgan fingerprint density at radius 1 is 1.33 bits per heavy atom. The third-order valence-corrected chi connectivity index (χ3v) is 3.41. The lowest BCUT2D eigenvalue weighted by molar-refractivity contribution is -0.109. The van der Waals surface area contributed by atoms with E-state index in [1.54, 1.807) is 0 Å². The first kappa shape index (κ1) is 9.93. The van der Waals surface area contributed by atoms with Crippen molar-refractivity contribution in [1.29, 1.82) is 0 Å². The molecule has 0 aliphatic rings. The second-order valence-electron chi connectivity index (χ2n) is 2.46. The summed E-state index contributed by atoms with van der Waals surface area (Å²) < 4.78 is -0.00801. The van der Waals surface area contributed by atoms with Crippen molar-refractivity contribution in [3.63, 3.8) is 0 Å². The van der Waals surface area contributed by atoms with Crippen molar-refractivity contribution in [3.05, 3.63) is 35.9 Å². The molecule has 0 saturated carbocycles. The van der Waals surface area contributed by atoms with Crippen LogP contribution in [0.25, 0.3) is 0 Å². The molecule has 0 bridgehead atoms. The van der Waals surface area contributed by atoms with Crippen molar-refractivity contribution in [2.75, 3.05) is 0 Å². The molecule has 0 spiro atoms. The molecule has 1 nitrogen and oxygen atoms in total. The Balaban J connectivity index is 2.58. The number of hydrogen-bond donors (Lipinski definition) is 0. The van der Waals surface area contributed by atoms with E-state index in [-0.39, 0.29) is 9.52 Å². The van der Waals surface area contributed by atoms with Gasteiger partial charge in [0.2, 0.25) is 4.69 Å². The maximum absolute atomic E-state index is 10.8. The molecule has 64 valence electrons. The summed E-state index contributed by atoms with van der Waals surface area (Å²) in [5.41, 5.74) is 1.16. The molecule has 0 N–H and O–H groups in total. The van der Waals surface area contributed by atoms with Crippen LogP contribution in [0.3, 0.4) is 0 Å². The lowest BCUT2D eigenvalue weighted by Gasteiger charge is -2.03. The predicted molar refractivity (Wildman–Crippen MR) is 56.8 cm³/mol. The number of carbonyl (C=O) groups excluding carboxylic acids is 1. The first-order valence-corrected chi connectivity index (χ1v) is 5.28. The smallest absolute Gasteiger partial charge is 0.211 e. The monoisotopic (exact) mass is 290 g/mol. The van der Waals surface area contributed by atoms with E-state index in [1.807, 2.05) is 30.3 Å². The maximum Gasteiger partial charge on any atom is 0.211 e. The molecule has 0 aliphatic heterocycles. The van der Waals surface area contributed by atoms with E-state index in [2.05, 4.69) is 31.9 Å². The Morgan fingerprint density at radius 3 is 2.42 bits per heavy atom. The average Bonchev–Trinajstić information content (AvgIpc) is 2.06. The topological polar surface area (TPSA) is 17.1 Å². The van der Waals surface area contributed by atoms with E-state index in [0.717, 1.165) is 12.0 Å². The number of rotatable bonds is 3. The summed E-state index contributed by atoms with van der Waals surface area (Å²) >= 11 is 6.19. The number of halogens is 2. The van der Waals surface area contributed by atoms with Gasteiger partial charge in [-0.3, -0.25) is 4.79 Å². The molecule has 1 rings (SSSR count). The molecule has 1 unspecified atom stereocenters. The highest BCUT2D eigenvalue weighted by Gasteiger charge is 2.11. The first-order chi connectivity index (χ1) is 5.70. The zero-order valence-corrected chi connectivity index (χ0v) is 9.51. The standard InChI is InChI=1S/C9H8Br2O/c10-8(9(11)12)6-7-4-2-1-3-5-7/h1-5,8H,6H2. The van der Waals surface area contributed by atoms with Gasteiger partial charge in [-0.05, 0) is 27.9 Å². The van der Waals surface area contributed by atoms with Crippen molar-refractivity contribution >= 4 is 36.6 Å².